The third-order valence-electron chi connectivity index (χ3n) is 3.85. The average molecular weight is 303 g/mol. The molecule has 1 atom stereocenters. The third kappa shape index (κ3) is 4.62. The van der Waals surface area contributed by atoms with E-state index in [1.54, 1.807) is 18.2 Å². The van der Waals surface area contributed by atoms with Crippen molar-refractivity contribution in [2.75, 3.05) is 5.32 Å². The van der Waals surface area contributed by atoms with Crippen LogP contribution in [0.25, 0.3) is 0 Å². The molecule has 0 amide bonds. The molecule has 112 valence electrons. The number of nitrogens with one attached hydrogen (secondary N) is 1. The van der Waals surface area contributed by atoms with Gasteiger partial charge in [0.05, 0.1) is 0 Å². The van der Waals surface area contributed by atoms with Gasteiger partial charge in [-0.1, -0.05) is 31.4 Å². The van der Waals surface area contributed by atoms with Crippen LogP contribution in [0.1, 0.15) is 39.0 Å². The molecule has 1 aliphatic carbocycles. The van der Waals surface area contributed by atoms with Gasteiger partial charge in [-0.05, 0) is 49.6 Å². The highest BCUT2D eigenvalue weighted by Crippen LogP contribution is 2.41. The van der Waals surface area contributed by atoms with Crippen LogP contribution in [0.5, 0.6) is 0 Å². The molecule has 0 aromatic heterocycles. The fraction of sp³-hybridized carbons (Fsp3) is 0.600. The lowest BCUT2D eigenvalue weighted by atomic mass is 9.84. The van der Waals surface area contributed by atoms with Crippen molar-refractivity contribution >= 4 is 17.4 Å². The second-order valence-corrected chi connectivity index (χ2v) is 6.48. The number of anilines is 1. The van der Waals surface area contributed by atoms with E-state index in [9.17, 15) is 13.2 Å². The molecule has 1 aromatic carbocycles. The summed E-state index contributed by atoms with van der Waals surface area (Å²) in [5.41, 5.74) is -3.65. The molecule has 0 spiro atoms. The lowest BCUT2D eigenvalue weighted by Crippen LogP contribution is -2.27. The van der Waals surface area contributed by atoms with E-state index in [4.69, 9.17) is 0 Å². The fourth-order valence-electron chi connectivity index (χ4n) is 2.80. The van der Waals surface area contributed by atoms with Gasteiger partial charge in [0.25, 0.3) is 0 Å². The topological polar surface area (TPSA) is 12.0 Å². The summed E-state index contributed by atoms with van der Waals surface area (Å²) in [6.07, 6.45) is 6.08. The smallest absolute Gasteiger partial charge is 0.381 e. The van der Waals surface area contributed by atoms with E-state index >= 15 is 0 Å². The number of thioether (sulfide) groups is 1. The molecule has 1 unspecified atom stereocenters. The van der Waals surface area contributed by atoms with Crippen LogP contribution in [0.4, 0.5) is 18.9 Å². The van der Waals surface area contributed by atoms with Crippen LogP contribution in [0.15, 0.2) is 29.2 Å². The number of para-hydroxylation sites is 1. The molecule has 1 aliphatic rings. The molecule has 2 rings (SSSR count). The highest BCUT2D eigenvalue weighted by Gasteiger charge is 2.30. The Bertz CT molecular complexity index is 427. The summed E-state index contributed by atoms with van der Waals surface area (Å²) < 4.78 is 37.6. The summed E-state index contributed by atoms with van der Waals surface area (Å²) >= 11 is -0.0465. The van der Waals surface area contributed by atoms with Gasteiger partial charge in [-0.2, -0.15) is 13.2 Å². The zero-order chi connectivity index (χ0) is 14.6. The van der Waals surface area contributed by atoms with Gasteiger partial charge >= 0.3 is 5.51 Å². The molecule has 0 aliphatic heterocycles. The number of alkyl halides is 3. The maximum absolute atomic E-state index is 12.5. The van der Waals surface area contributed by atoms with Crippen molar-refractivity contribution in [3.05, 3.63) is 24.3 Å². The zero-order valence-corrected chi connectivity index (χ0v) is 12.4. The first-order chi connectivity index (χ1) is 9.46. The van der Waals surface area contributed by atoms with E-state index in [0.29, 0.717) is 11.6 Å². The predicted octanol–water partition coefficient (Wildman–Crippen LogP) is 5.68. The molecule has 20 heavy (non-hydrogen) atoms. The minimum Gasteiger partial charge on any atom is -0.381 e. The van der Waals surface area contributed by atoms with Gasteiger partial charge in [-0.25, -0.2) is 0 Å². The van der Waals surface area contributed by atoms with E-state index in [-0.39, 0.29) is 22.7 Å². The Balaban J connectivity index is 2.04. The normalized spacial score (nSPS) is 18.8. The summed E-state index contributed by atoms with van der Waals surface area (Å²) in [5, 5.41) is 3.28. The van der Waals surface area contributed by atoms with Crippen molar-refractivity contribution in [2.24, 2.45) is 5.92 Å². The third-order valence-corrected chi connectivity index (χ3v) is 4.66. The van der Waals surface area contributed by atoms with Crippen molar-refractivity contribution in [2.45, 2.75) is 55.5 Å². The van der Waals surface area contributed by atoms with Crippen LogP contribution in [-0.2, 0) is 0 Å². The van der Waals surface area contributed by atoms with Gasteiger partial charge in [0.2, 0.25) is 0 Å². The highest BCUT2D eigenvalue weighted by molar-refractivity contribution is 8.00. The van der Waals surface area contributed by atoms with Crippen LogP contribution in [0.3, 0.4) is 0 Å². The maximum Gasteiger partial charge on any atom is 0.446 e. The number of benzene rings is 1. The Morgan fingerprint density at radius 2 is 1.80 bits per heavy atom. The first kappa shape index (κ1) is 15.5. The lowest BCUT2D eigenvalue weighted by Gasteiger charge is -2.29. The molecular formula is C15H20F3NS. The van der Waals surface area contributed by atoms with E-state index in [0.717, 1.165) is 0 Å². The quantitative estimate of drug-likeness (QED) is 0.718. The largest absolute Gasteiger partial charge is 0.446 e. The van der Waals surface area contributed by atoms with Crippen LogP contribution >= 0.6 is 11.8 Å². The number of halogens is 3. The first-order valence-corrected chi connectivity index (χ1v) is 7.88. The van der Waals surface area contributed by atoms with Crippen molar-refractivity contribution in [1.29, 1.82) is 0 Å². The average Bonchev–Trinajstić information content (AvgIpc) is 2.40. The van der Waals surface area contributed by atoms with Crippen LogP contribution < -0.4 is 5.32 Å². The van der Waals surface area contributed by atoms with Crippen LogP contribution in [0.2, 0.25) is 0 Å². The highest BCUT2D eigenvalue weighted by atomic mass is 32.2. The molecule has 0 heterocycles. The Kier molecular flexibility index (Phi) is 5.24. The Hall–Kier alpha value is -0.840. The molecule has 1 saturated carbocycles. The van der Waals surface area contributed by atoms with Gasteiger partial charge in [-0.3, -0.25) is 0 Å². The zero-order valence-electron chi connectivity index (χ0n) is 11.5. The number of hydrogen-bond acceptors (Lipinski definition) is 2. The molecule has 5 heteroatoms. The first-order valence-electron chi connectivity index (χ1n) is 7.07. The molecule has 1 N–H and O–H groups in total. The minimum atomic E-state index is -4.24. The van der Waals surface area contributed by atoms with E-state index < -0.39 is 5.51 Å². The van der Waals surface area contributed by atoms with Crippen molar-refractivity contribution in [1.82, 2.24) is 0 Å². The monoisotopic (exact) mass is 303 g/mol. The summed E-state index contributed by atoms with van der Waals surface area (Å²) in [6, 6.07) is 6.88. The second kappa shape index (κ2) is 6.74. The minimum absolute atomic E-state index is 0.0465. The second-order valence-electron chi connectivity index (χ2n) is 5.38. The van der Waals surface area contributed by atoms with Gasteiger partial charge in [-0.15, -0.1) is 0 Å². The van der Waals surface area contributed by atoms with Crippen LogP contribution in [-0.4, -0.2) is 11.6 Å². The molecule has 1 fully saturated rings. The molecule has 0 bridgehead atoms. The summed E-state index contributed by atoms with van der Waals surface area (Å²) in [6.45, 7) is 2.07. The van der Waals surface area contributed by atoms with Gasteiger partial charge in [0.15, 0.2) is 0 Å². The Labute approximate surface area is 122 Å². The summed E-state index contributed by atoms with van der Waals surface area (Å²) in [7, 11) is 0. The predicted molar refractivity (Wildman–Crippen MR) is 78.0 cm³/mol. The van der Waals surface area contributed by atoms with Crippen molar-refractivity contribution in [3.63, 3.8) is 0 Å². The molecule has 0 radical (unpaired) electrons. The molecular weight excluding hydrogens is 283 g/mol. The van der Waals surface area contributed by atoms with Gasteiger partial charge in [0, 0.05) is 16.6 Å². The molecule has 1 aromatic rings. The Morgan fingerprint density at radius 1 is 1.15 bits per heavy atom. The van der Waals surface area contributed by atoms with Crippen molar-refractivity contribution < 1.29 is 13.2 Å². The number of hydrogen-bond donors (Lipinski definition) is 1. The SMILES string of the molecule is CC(Nc1ccccc1SC(F)(F)F)C1CCCCC1. The van der Waals surface area contributed by atoms with E-state index in [1.807, 2.05) is 0 Å². The van der Waals surface area contributed by atoms with Gasteiger partial charge in [0.1, 0.15) is 0 Å². The standard InChI is InChI=1S/C15H20F3NS/c1-11(12-7-3-2-4-8-12)19-13-9-5-6-10-14(13)20-15(16,17)18/h5-6,9-12,19H,2-4,7-8H2,1H3. The molecule has 0 saturated heterocycles. The Morgan fingerprint density at radius 3 is 2.45 bits per heavy atom. The van der Waals surface area contributed by atoms with Gasteiger partial charge < -0.3 is 5.32 Å². The summed E-state index contributed by atoms with van der Waals surface area (Å²) in [5.74, 6) is 0.563. The number of rotatable bonds is 4. The maximum atomic E-state index is 12.5. The summed E-state index contributed by atoms with van der Waals surface area (Å²) in [4.78, 5) is 0.252. The lowest BCUT2D eigenvalue weighted by molar-refractivity contribution is -0.0327. The van der Waals surface area contributed by atoms with E-state index in [1.165, 1.54) is 38.2 Å². The van der Waals surface area contributed by atoms with Crippen molar-refractivity contribution in [3.8, 4) is 0 Å². The van der Waals surface area contributed by atoms with Crippen LogP contribution in [0, 0.1) is 5.92 Å². The van der Waals surface area contributed by atoms with E-state index in [2.05, 4.69) is 12.2 Å². The molecule has 1 nitrogen and oxygen atoms in total. The fourth-order valence-corrected chi connectivity index (χ4v) is 3.43.